The predicted molar refractivity (Wildman–Crippen MR) is 272 cm³/mol. The average molecular weight is 811 g/mol. The van der Waals surface area contributed by atoms with Crippen LogP contribution in [0.25, 0.3) is 86.9 Å². The maximum absolute atomic E-state index is 5.85. The summed E-state index contributed by atoms with van der Waals surface area (Å²) >= 11 is 0. The SMILES string of the molecule is c1ccc2cc(-c3cccc4c(C5=Nc6cc7ccccc7cc6C(c6cccc7c(-c8ccc9ccccc9c8)cccc67)=Nc6cc7ccccc7cc65)cccc34)ccc2c1. The second-order valence-corrected chi connectivity index (χ2v) is 16.9. The lowest BCUT2D eigenvalue weighted by Crippen LogP contribution is -2.11. The molecule has 0 amide bonds. The number of aliphatic imine (C=N–C) groups is 2. The van der Waals surface area contributed by atoms with Gasteiger partial charge in [0.15, 0.2) is 0 Å². The van der Waals surface area contributed by atoms with Crippen molar-refractivity contribution < 1.29 is 0 Å². The van der Waals surface area contributed by atoms with Gasteiger partial charge in [-0.05, 0) is 123 Å². The summed E-state index contributed by atoms with van der Waals surface area (Å²) < 4.78 is 0. The summed E-state index contributed by atoms with van der Waals surface area (Å²) in [7, 11) is 0. The van der Waals surface area contributed by atoms with Crippen molar-refractivity contribution in [3.05, 3.63) is 253 Å². The molecule has 12 aromatic carbocycles. The van der Waals surface area contributed by atoms with E-state index in [9.17, 15) is 0 Å². The Morgan fingerprint density at radius 3 is 0.906 bits per heavy atom. The van der Waals surface area contributed by atoms with E-state index in [0.29, 0.717) is 0 Å². The van der Waals surface area contributed by atoms with Crippen LogP contribution >= 0.6 is 0 Å². The first-order valence-corrected chi connectivity index (χ1v) is 22.0. The van der Waals surface area contributed by atoms with E-state index in [1.54, 1.807) is 0 Å². The van der Waals surface area contributed by atoms with Crippen LogP contribution in [0, 0.1) is 0 Å². The van der Waals surface area contributed by atoms with Crippen LogP contribution in [0.3, 0.4) is 0 Å². The van der Waals surface area contributed by atoms with Gasteiger partial charge in [0.1, 0.15) is 0 Å². The Balaban J connectivity index is 1.08. The molecule has 0 N–H and O–H groups in total. The van der Waals surface area contributed by atoms with Crippen molar-refractivity contribution in [1.29, 1.82) is 0 Å². The van der Waals surface area contributed by atoms with Gasteiger partial charge in [0.25, 0.3) is 0 Å². The highest BCUT2D eigenvalue weighted by molar-refractivity contribution is 6.29. The quantitative estimate of drug-likeness (QED) is 0.169. The normalized spacial score (nSPS) is 12.6. The minimum Gasteiger partial charge on any atom is -0.247 e. The van der Waals surface area contributed by atoms with Crippen molar-refractivity contribution >= 4 is 87.4 Å². The van der Waals surface area contributed by atoms with E-state index >= 15 is 0 Å². The van der Waals surface area contributed by atoms with Crippen molar-refractivity contribution in [3.63, 3.8) is 0 Å². The third-order valence-electron chi connectivity index (χ3n) is 13.2. The molecule has 0 atom stereocenters. The van der Waals surface area contributed by atoms with Crippen LogP contribution in [-0.4, -0.2) is 11.4 Å². The number of fused-ring (bicyclic) bond motifs is 8. The average Bonchev–Trinajstić information content (AvgIpc) is 3.35. The van der Waals surface area contributed by atoms with Crippen molar-refractivity contribution in [1.82, 2.24) is 0 Å². The highest BCUT2D eigenvalue weighted by Gasteiger charge is 2.24. The Morgan fingerprint density at radius 1 is 0.203 bits per heavy atom. The number of hydrogen-bond donors (Lipinski definition) is 0. The van der Waals surface area contributed by atoms with Crippen LogP contribution in [0.2, 0.25) is 0 Å². The molecule has 0 unspecified atom stereocenters. The molecular formula is C62H38N2. The Morgan fingerprint density at radius 2 is 0.516 bits per heavy atom. The first kappa shape index (κ1) is 36.2. The van der Waals surface area contributed by atoms with Crippen molar-refractivity contribution in [3.8, 4) is 22.3 Å². The van der Waals surface area contributed by atoms with Crippen LogP contribution in [0.5, 0.6) is 0 Å². The van der Waals surface area contributed by atoms with E-state index in [1.165, 1.54) is 54.6 Å². The van der Waals surface area contributed by atoms with Gasteiger partial charge < -0.3 is 0 Å². The summed E-state index contributed by atoms with van der Waals surface area (Å²) in [5, 5.41) is 14.2. The fourth-order valence-corrected chi connectivity index (χ4v) is 10.0. The molecule has 2 nitrogen and oxygen atoms in total. The molecule has 0 saturated heterocycles. The predicted octanol–water partition coefficient (Wildman–Crippen LogP) is 16.6. The summed E-state index contributed by atoms with van der Waals surface area (Å²) in [4.78, 5) is 11.7. The van der Waals surface area contributed by atoms with E-state index in [1.807, 2.05) is 0 Å². The summed E-state index contributed by atoms with van der Waals surface area (Å²) in [6.45, 7) is 0. The smallest absolute Gasteiger partial charge is 0.0809 e. The first-order chi connectivity index (χ1) is 31.7. The van der Waals surface area contributed by atoms with E-state index < -0.39 is 0 Å². The second-order valence-electron chi connectivity index (χ2n) is 16.9. The molecule has 0 aromatic heterocycles. The summed E-state index contributed by atoms with van der Waals surface area (Å²) in [5.41, 5.74) is 12.5. The zero-order valence-corrected chi connectivity index (χ0v) is 34.8. The molecular weight excluding hydrogens is 773 g/mol. The maximum Gasteiger partial charge on any atom is 0.0809 e. The van der Waals surface area contributed by atoms with E-state index in [-0.39, 0.29) is 0 Å². The zero-order valence-electron chi connectivity index (χ0n) is 34.8. The topological polar surface area (TPSA) is 24.7 Å². The fraction of sp³-hybridized carbons (Fsp3) is 0. The fourth-order valence-electron chi connectivity index (χ4n) is 10.0. The molecule has 12 aromatic rings. The highest BCUT2D eigenvalue weighted by atomic mass is 14.8. The molecule has 1 aliphatic heterocycles. The first-order valence-electron chi connectivity index (χ1n) is 22.0. The zero-order chi connectivity index (χ0) is 42.1. The van der Waals surface area contributed by atoms with E-state index in [4.69, 9.17) is 9.98 Å². The molecule has 296 valence electrons. The molecule has 0 spiro atoms. The lowest BCUT2D eigenvalue weighted by atomic mass is 9.88. The van der Waals surface area contributed by atoms with Gasteiger partial charge in [0, 0.05) is 22.3 Å². The Kier molecular flexibility index (Phi) is 8.25. The van der Waals surface area contributed by atoms with Crippen LogP contribution < -0.4 is 0 Å². The lowest BCUT2D eigenvalue weighted by molar-refractivity contribution is 1.42. The van der Waals surface area contributed by atoms with Crippen molar-refractivity contribution in [2.24, 2.45) is 9.98 Å². The lowest BCUT2D eigenvalue weighted by Gasteiger charge is -2.21. The summed E-state index contributed by atoms with van der Waals surface area (Å²) in [6.07, 6.45) is 0. The van der Waals surface area contributed by atoms with Gasteiger partial charge in [-0.15, -0.1) is 0 Å². The Labute approximate surface area is 370 Å². The Hall–Kier alpha value is -8.46. The molecule has 64 heavy (non-hydrogen) atoms. The molecule has 2 heteroatoms. The standard InChI is InChI=1S/C62H38N2/c1-3-15-41-33-47(31-29-39(41)13-1)49-21-9-25-53-51(49)23-11-27-55(53)61-57-35-43-17-5-7-19-45(43)37-59(57)64-62(58-36-44-18-6-8-20-46(44)38-60(58)63-61)56-28-12-24-52-50(22-10-26-54(52)56)48-32-30-40-14-2-4-16-42(40)34-48/h1-38H. The number of nitrogens with zero attached hydrogens (tertiary/aromatic N) is 2. The molecule has 0 aliphatic carbocycles. The molecule has 0 saturated carbocycles. The molecule has 1 aliphatic rings. The van der Waals surface area contributed by atoms with Gasteiger partial charge in [-0.1, -0.05) is 194 Å². The van der Waals surface area contributed by atoms with Gasteiger partial charge in [0.2, 0.25) is 0 Å². The van der Waals surface area contributed by atoms with Crippen molar-refractivity contribution in [2.75, 3.05) is 0 Å². The number of rotatable bonds is 4. The molecule has 0 fully saturated rings. The van der Waals surface area contributed by atoms with Gasteiger partial charge in [-0.3, -0.25) is 0 Å². The third kappa shape index (κ3) is 5.95. The van der Waals surface area contributed by atoms with Crippen LogP contribution in [0.4, 0.5) is 11.4 Å². The Bertz CT molecular complexity index is 3700. The molecule has 13 rings (SSSR count). The van der Waals surface area contributed by atoms with Crippen LogP contribution in [-0.2, 0) is 0 Å². The van der Waals surface area contributed by atoms with Crippen molar-refractivity contribution in [2.45, 2.75) is 0 Å². The van der Waals surface area contributed by atoms with Gasteiger partial charge in [0.05, 0.1) is 22.8 Å². The highest BCUT2D eigenvalue weighted by Crippen LogP contribution is 2.42. The van der Waals surface area contributed by atoms with Gasteiger partial charge in [-0.2, -0.15) is 0 Å². The third-order valence-corrected chi connectivity index (χ3v) is 13.2. The van der Waals surface area contributed by atoms with Gasteiger partial charge >= 0.3 is 0 Å². The van der Waals surface area contributed by atoms with Crippen LogP contribution in [0.1, 0.15) is 22.3 Å². The summed E-state index contributed by atoms with van der Waals surface area (Å²) in [5.74, 6) is 0. The molecule has 0 radical (unpaired) electrons. The maximum atomic E-state index is 5.85. The number of benzene rings is 12. The van der Waals surface area contributed by atoms with Crippen LogP contribution in [0.15, 0.2) is 241 Å². The monoisotopic (exact) mass is 810 g/mol. The molecule has 1 heterocycles. The van der Waals surface area contributed by atoms with E-state index in [2.05, 4.69) is 231 Å². The molecule has 0 bridgehead atoms. The second kappa shape index (κ2) is 14.6. The summed E-state index contributed by atoms with van der Waals surface area (Å²) in [6, 6.07) is 83.7. The van der Waals surface area contributed by atoms with Gasteiger partial charge in [-0.25, -0.2) is 9.98 Å². The minimum absolute atomic E-state index is 0.886. The van der Waals surface area contributed by atoms with E-state index in [0.717, 1.165) is 77.4 Å². The minimum atomic E-state index is 0.886. The largest absolute Gasteiger partial charge is 0.247 e. The number of hydrogen-bond acceptors (Lipinski definition) is 2.